The van der Waals surface area contributed by atoms with Crippen LogP contribution in [0.5, 0.6) is 0 Å². The van der Waals surface area contributed by atoms with Crippen molar-refractivity contribution in [1.82, 2.24) is 9.80 Å². The number of cyclic esters (lactones) is 2. The summed E-state index contributed by atoms with van der Waals surface area (Å²) in [6, 6.07) is 12.7. The fourth-order valence-electron chi connectivity index (χ4n) is 6.07. The molecule has 24 heteroatoms. The van der Waals surface area contributed by atoms with E-state index in [0.717, 1.165) is 57.8 Å². The molecule has 3 fully saturated rings. The highest BCUT2D eigenvalue weighted by Crippen LogP contribution is 2.24. The highest BCUT2D eigenvalue weighted by Gasteiger charge is 2.35. The molecule has 332 valence electrons. The van der Waals surface area contributed by atoms with E-state index in [4.69, 9.17) is 25.7 Å². The SMILES string of the molecule is CCCCOC(=O)CCN1CCN(CC2CN(c3ccc(C(N)=NS(C)(=O)=O)cc3)C(=O)O2)CC1.CS(=O)(=O)N=C(N)c1ccc(N2CC(COS(C)(=O)=O)OC2=O)cc1. The molecule has 5 rings (SSSR count). The van der Waals surface area contributed by atoms with E-state index in [1.807, 2.05) is 0 Å². The molecule has 2 aromatic carbocycles. The number of amides is 2. The monoisotopic (exact) mass is 900 g/mol. The van der Waals surface area contributed by atoms with Gasteiger partial charge in [-0.15, -0.1) is 8.80 Å². The van der Waals surface area contributed by atoms with Crippen molar-refractivity contribution in [2.75, 3.05) is 94.1 Å². The van der Waals surface area contributed by atoms with Gasteiger partial charge < -0.3 is 30.6 Å². The number of hydrogen-bond donors (Lipinski definition) is 2. The number of piperazine rings is 1. The van der Waals surface area contributed by atoms with Crippen molar-refractivity contribution in [3.63, 3.8) is 0 Å². The predicted molar refractivity (Wildman–Crippen MR) is 223 cm³/mol. The van der Waals surface area contributed by atoms with Gasteiger partial charge in [0.15, 0.2) is 0 Å². The molecule has 0 aromatic heterocycles. The first kappa shape index (κ1) is 47.8. The summed E-state index contributed by atoms with van der Waals surface area (Å²) < 4.78 is 94.0. The molecule has 60 heavy (non-hydrogen) atoms. The minimum Gasteiger partial charge on any atom is -0.466 e. The summed E-state index contributed by atoms with van der Waals surface area (Å²) in [7, 11) is -10.8. The van der Waals surface area contributed by atoms with Crippen LogP contribution in [0, 0.1) is 0 Å². The molecule has 0 saturated carbocycles. The van der Waals surface area contributed by atoms with Crippen LogP contribution in [0.3, 0.4) is 0 Å². The fraction of sp³-hybridized carbons (Fsp3) is 0.528. The van der Waals surface area contributed by atoms with Crippen LogP contribution in [0.2, 0.25) is 0 Å². The Labute approximate surface area is 350 Å². The summed E-state index contributed by atoms with van der Waals surface area (Å²) in [5, 5.41) is 0. The van der Waals surface area contributed by atoms with Crippen LogP contribution in [0.1, 0.15) is 37.3 Å². The summed E-state index contributed by atoms with van der Waals surface area (Å²) >= 11 is 0. The second-order valence-corrected chi connectivity index (χ2v) is 19.1. The van der Waals surface area contributed by atoms with Gasteiger partial charge >= 0.3 is 18.2 Å². The summed E-state index contributed by atoms with van der Waals surface area (Å²) in [6.07, 6.45) is 3.08. The second kappa shape index (κ2) is 21.1. The normalized spacial score (nSPS) is 19.7. The van der Waals surface area contributed by atoms with Crippen LogP contribution in [-0.2, 0) is 53.4 Å². The Morgan fingerprint density at radius 2 is 1.18 bits per heavy atom. The molecule has 3 aliphatic rings. The molecular weight excluding hydrogens is 849 g/mol. The van der Waals surface area contributed by atoms with Gasteiger partial charge in [0.2, 0.25) is 0 Å². The number of carbonyl (C=O) groups excluding carboxylic acids is 3. The number of nitrogens with two attached hydrogens (primary N) is 2. The van der Waals surface area contributed by atoms with Gasteiger partial charge in [-0.1, -0.05) is 13.3 Å². The Morgan fingerprint density at radius 1 is 0.733 bits per heavy atom. The lowest BCUT2D eigenvalue weighted by Gasteiger charge is -2.35. The van der Waals surface area contributed by atoms with Gasteiger partial charge in [-0.05, 0) is 55.0 Å². The summed E-state index contributed by atoms with van der Waals surface area (Å²) in [5.74, 6) is -0.414. The maximum Gasteiger partial charge on any atom is 0.414 e. The Morgan fingerprint density at radius 3 is 1.63 bits per heavy atom. The van der Waals surface area contributed by atoms with Gasteiger partial charge in [0.1, 0.15) is 30.5 Å². The Kier molecular flexibility index (Phi) is 16.8. The number of sulfonamides is 2. The molecule has 3 saturated heterocycles. The van der Waals surface area contributed by atoms with Crippen molar-refractivity contribution < 1.29 is 58.0 Å². The van der Waals surface area contributed by atoms with Crippen LogP contribution < -0.4 is 21.3 Å². The number of ether oxygens (including phenoxy) is 3. The first-order valence-electron chi connectivity index (χ1n) is 18.8. The van der Waals surface area contributed by atoms with E-state index in [1.165, 1.54) is 17.0 Å². The maximum atomic E-state index is 12.4. The molecule has 4 N–H and O–H groups in total. The van der Waals surface area contributed by atoms with Crippen molar-refractivity contribution in [2.24, 2.45) is 20.3 Å². The number of carbonyl (C=O) groups is 3. The zero-order chi connectivity index (χ0) is 44.3. The number of nitrogens with zero attached hydrogens (tertiary/aromatic N) is 6. The molecule has 2 amide bonds. The van der Waals surface area contributed by atoms with E-state index in [1.54, 1.807) is 41.3 Å². The average Bonchev–Trinajstić information content (AvgIpc) is 3.73. The number of anilines is 2. The third-order valence-electron chi connectivity index (χ3n) is 9.01. The standard InChI is InChI=1S/C23H35N5O6S.C13H17N3O7S2/c1-3-4-15-33-21(29)9-10-26-11-13-27(14-12-26)16-20-17-28(23(30)34-20)19-7-5-18(6-8-19)22(24)25-35(2,31)32;1-24(18,19)15-12(14)9-3-5-10(6-4-9)16-7-11(23-13(16)17)8-22-25(2,20)21/h5-8,20H,3-4,9-17H2,1-2H3,(H2,24,25);3-6,11H,7-8H2,1-2H3,(H2,14,15). The molecule has 0 aliphatic carbocycles. The summed E-state index contributed by atoms with van der Waals surface area (Å²) in [5.41, 5.74) is 13.3. The number of amidine groups is 2. The van der Waals surface area contributed by atoms with Crippen molar-refractivity contribution >= 4 is 71.4 Å². The minimum absolute atomic E-state index is 0.103. The molecule has 2 unspecified atom stereocenters. The van der Waals surface area contributed by atoms with Crippen molar-refractivity contribution in [3.8, 4) is 0 Å². The highest BCUT2D eigenvalue weighted by atomic mass is 32.2. The van der Waals surface area contributed by atoms with Gasteiger partial charge in [0.25, 0.3) is 30.2 Å². The number of unbranched alkanes of at least 4 members (excludes halogenated alkanes) is 1. The molecule has 3 heterocycles. The third-order valence-corrected chi connectivity index (χ3v) is 10.6. The Balaban J connectivity index is 0.000000280. The highest BCUT2D eigenvalue weighted by molar-refractivity contribution is 7.89. The third kappa shape index (κ3) is 15.9. The zero-order valence-electron chi connectivity index (χ0n) is 33.8. The lowest BCUT2D eigenvalue weighted by molar-refractivity contribution is -0.144. The number of benzene rings is 2. The zero-order valence-corrected chi connectivity index (χ0v) is 36.3. The fourth-order valence-corrected chi connectivity index (χ4v) is 7.39. The van der Waals surface area contributed by atoms with Gasteiger partial charge in [0.05, 0.1) is 44.9 Å². The van der Waals surface area contributed by atoms with Crippen molar-refractivity contribution in [3.05, 3.63) is 59.7 Å². The van der Waals surface area contributed by atoms with Crippen LogP contribution in [-0.4, -0.2) is 161 Å². The van der Waals surface area contributed by atoms with E-state index in [-0.39, 0.29) is 36.9 Å². The molecule has 0 radical (unpaired) electrons. The van der Waals surface area contributed by atoms with Crippen LogP contribution in [0.4, 0.5) is 21.0 Å². The summed E-state index contributed by atoms with van der Waals surface area (Å²) in [6.45, 7) is 7.54. The van der Waals surface area contributed by atoms with Crippen LogP contribution in [0.25, 0.3) is 0 Å². The van der Waals surface area contributed by atoms with Gasteiger partial charge in [0, 0.05) is 61.8 Å². The number of esters is 1. The Hall–Kier alpha value is -4.88. The Bertz CT molecular complexity index is 2210. The molecule has 21 nitrogen and oxygen atoms in total. The molecule has 0 spiro atoms. The van der Waals surface area contributed by atoms with E-state index < -0.39 is 48.5 Å². The smallest absolute Gasteiger partial charge is 0.414 e. The number of rotatable bonds is 17. The van der Waals surface area contributed by atoms with Gasteiger partial charge in [-0.2, -0.15) is 8.42 Å². The molecule has 2 aromatic rings. The molecular formula is C36H52N8O13S3. The average molecular weight is 901 g/mol. The van der Waals surface area contributed by atoms with E-state index in [0.29, 0.717) is 55.2 Å². The largest absolute Gasteiger partial charge is 0.466 e. The first-order chi connectivity index (χ1) is 28.1. The molecule has 3 aliphatic heterocycles. The van der Waals surface area contributed by atoms with E-state index in [9.17, 15) is 39.6 Å². The van der Waals surface area contributed by atoms with Crippen LogP contribution in [0.15, 0.2) is 57.3 Å². The quantitative estimate of drug-likeness (QED) is 0.0551. The first-order valence-corrected chi connectivity index (χ1v) is 24.3. The second-order valence-electron chi connectivity index (χ2n) is 14.2. The lowest BCUT2D eigenvalue weighted by Crippen LogP contribution is -2.49. The van der Waals surface area contributed by atoms with Gasteiger partial charge in [-0.25, -0.2) is 26.4 Å². The van der Waals surface area contributed by atoms with Gasteiger partial charge in [-0.3, -0.25) is 23.7 Å². The maximum absolute atomic E-state index is 12.4. The topological polar surface area (TPSA) is 280 Å². The minimum atomic E-state index is -3.63. The van der Waals surface area contributed by atoms with E-state index >= 15 is 0 Å². The van der Waals surface area contributed by atoms with Crippen molar-refractivity contribution in [1.29, 1.82) is 0 Å². The molecule has 2 atom stereocenters. The lowest BCUT2D eigenvalue weighted by atomic mass is 10.2. The molecule has 0 bridgehead atoms. The summed E-state index contributed by atoms with van der Waals surface area (Å²) in [4.78, 5) is 43.5. The predicted octanol–water partition coefficient (Wildman–Crippen LogP) is 0.681. The van der Waals surface area contributed by atoms with E-state index in [2.05, 4.69) is 29.7 Å². The van der Waals surface area contributed by atoms with Crippen LogP contribution >= 0.6 is 0 Å². The van der Waals surface area contributed by atoms with Crippen molar-refractivity contribution in [2.45, 2.75) is 38.4 Å². The number of hydrogen-bond acceptors (Lipinski definition) is 15.